The molecule has 0 saturated heterocycles. The van der Waals surface area contributed by atoms with Gasteiger partial charge in [-0.3, -0.25) is 0 Å². The fourth-order valence-electron chi connectivity index (χ4n) is 1.89. The van der Waals surface area contributed by atoms with Gasteiger partial charge in [0.05, 0.1) is 0 Å². The molecule has 0 aromatic carbocycles. The summed E-state index contributed by atoms with van der Waals surface area (Å²) in [7, 11) is 1.98. The third kappa shape index (κ3) is 0.876. The number of hydrogen-bond acceptors (Lipinski definition) is 3. The predicted molar refractivity (Wildman–Crippen MR) is 45.6 cm³/mol. The molecule has 1 aliphatic carbocycles. The van der Waals surface area contributed by atoms with Crippen LogP contribution >= 0.6 is 0 Å². The van der Waals surface area contributed by atoms with E-state index in [2.05, 4.69) is 10.2 Å². The minimum absolute atomic E-state index is 0.144. The molecule has 4 heteroatoms. The van der Waals surface area contributed by atoms with Crippen LogP contribution in [0.2, 0.25) is 0 Å². The van der Waals surface area contributed by atoms with Crippen molar-refractivity contribution < 1.29 is 0 Å². The minimum atomic E-state index is 0.144. The van der Waals surface area contributed by atoms with E-state index in [1.165, 1.54) is 6.42 Å². The van der Waals surface area contributed by atoms with Gasteiger partial charge in [0.1, 0.15) is 12.2 Å². The van der Waals surface area contributed by atoms with Crippen LogP contribution in [0.25, 0.3) is 0 Å². The lowest BCUT2D eigenvalue weighted by Crippen LogP contribution is -2.43. The second-order valence-electron chi connectivity index (χ2n) is 3.60. The Morgan fingerprint density at radius 1 is 1.67 bits per heavy atom. The molecule has 66 valence electrons. The maximum Gasteiger partial charge on any atom is 0.140 e. The van der Waals surface area contributed by atoms with E-state index in [0.717, 1.165) is 18.7 Å². The lowest BCUT2D eigenvalue weighted by molar-refractivity contribution is 0.232. The van der Waals surface area contributed by atoms with E-state index in [9.17, 15) is 0 Å². The zero-order valence-corrected chi connectivity index (χ0v) is 7.32. The molecule has 1 heterocycles. The molecule has 1 aromatic rings. The topological polar surface area (TPSA) is 56.7 Å². The van der Waals surface area contributed by atoms with E-state index >= 15 is 0 Å². The van der Waals surface area contributed by atoms with Crippen molar-refractivity contribution in [2.24, 2.45) is 12.8 Å². The van der Waals surface area contributed by atoms with Gasteiger partial charge < -0.3 is 10.3 Å². The Kier molecular flexibility index (Phi) is 1.65. The zero-order chi connectivity index (χ0) is 8.60. The van der Waals surface area contributed by atoms with Crippen molar-refractivity contribution in [1.29, 1.82) is 0 Å². The SMILES string of the molecule is Cn1cnnc1C1(CN)CCC1. The molecule has 12 heavy (non-hydrogen) atoms. The lowest BCUT2D eigenvalue weighted by atomic mass is 9.68. The van der Waals surface area contributed by atoms with Crippen LogP contribution in [0.3, 0.4) is 0 Å². The van der Waals surface area contributed by atoms with Crippen LogP contribution in [-0.4, -0.2) is 21.3 Å². The van der Waals surface area contributed by atoms with Crippen molar-refractivity contribution in [3.05, 3.63) is 12.2 Å². The molecule has 0 amide bonds. The van der Waals surface area contributed by atoms with Crippen LogP contribution in [0.15, 0.2) is 6.33 Å². The van der Waals surface area contributed by atoms with Gasteiger partial charge in [-0.2, -0.15) is 0 Å². The van der Waals surface area contributed by atoms with Crippen LogP contribution in [-0.2, 0) is 12.5 Å². The van der Waals surface area contributed by atoms with E-state index in [-0.39, 0.29) is 5.41 Å². The molecule has 0 unspecified atom stereocenters. The van der Waals surface area contributed by atoms with Gasteiger partial charge in [-0.25, -0.2) is 0 Å². The molecular formula is C8H14N4. The molecule has 2 N–H and O–H groups in total. The molecular weight excluding hydrogens is 152 g/mol. The molecule has 1 saturated carbocycles. The first-order chi connectivity index (χ1) is 5.78. The number of rotatable bonds is 2. The van der Waals surface area contributed by atoms with Gasteiger partial charge >= 0.3 is 0 Å². The second kappa shape index (κ2) is 2.55. The lowest BCUT2D eigenvalue weighted by Gasteiger charge is -2.39. The van der Waals surface area contributed by atoms with Crippen molar-refractivity contribution in [2.75, 3.05) is 6.54 Å². The number of hydrogen-bond donors (Lipinski definition) is 1. The maximum absolute atomic E-state index is 5.75. The fourth-order valence-corrected chi connectivity index (χ4v) is 1.89. The summed E-state index contributed by atoms with van der Waals surface area (Å²) in [5, 5.41) is 7.99. The van der Waals surface area contributed by atoms with E-state index in [1.807, 2.05) is 11.6 Å². The highest BCUT2D eigenvalue weighted by Gasteiger charge is 2.40. The molecule has 0 atom stereocenters. The average molecular weight is 166 g/mol. The van der Waals surface area contributed by atoms with Crippen molar-refractivity contribution in [2.45, 2.75) is 24.7 Å². The number of aryl methyl sites for hydroxylation is 1. The van der Waals surface area contributed by atoms with Gasteiger partial charge in [-0.05, 0) is 12.8 Å². The normalized spacial score (nSPS) is 20.5. The third-order valence-corrected chi connectivity index (χ3v) is 2.89. The van der Waals surface area contributed by atoms with Crippen LogP contribution in [0.1, 0.15) is 25.1 Å². The van der Waals surface area contributed by atoms with Crippen LogP contribution in [0, 0.1) is 0 Å². The highest BCUT2D eigenvalue weighted by molar-refractivity contribution is 5.13. The molecule has 0 radical (unpaired) electrons. The summed E-state index contributed by atoms with van der Waals surface area (Å²) in [6.45, 7) is 0.694. The van der Waals surface area contributed by atoms with Crippen LogP contribution in [0.4, 0.5) is 0 Å². The molecule has 0 aliphatic heterocycles. The summed E-state index contributed by atoms with van der Waals surface area (Å²) in [4.78, 5) is 0. The predicted octanol–water partition coefficient (Wildman–Crippen LogP) is 0.195. The average Bonchev–Trinajstić information content (AvgIpc) is 2.36. The first-order valence-electron chi connectivity index (χ1n) is 4.33. The summed E-state index contributed by atoms with van der Waals surface area (Å²) in [5.74, 6) is 1.05. The first kappa shape index (κ1) is 7.73. The second-order valence-corrected chi connectivity index (χ2v) is 3.60. The van der Waals surface area contributed by atoms with E-state index in [1.54, 1.807) is 6.33 Å². The van der Waals surface area contributed by atoms with E-state index < -0.39 is 0 Å². The zero-order valence-electron chi connectivity index (χ0n) is 7.32. The van der Waals surface area contributed by atoms with Crippen molar-refractivity contribution in [1.82, 2.24) is 14.8 Å². The van der Waals surface area contributed by atoms with Gasteiger partial charge in [0.15, 0.2) is 0 Å². The Labute approximate surface area is 71.8 Å². The molecule has 2 rings (SSSR count). The van der Waals surface area contributed by atoms with E-state index in [4.69, 9.17) is 5.73 Å². The summed E-state index contributed by atoms with van der Waals surface area (Å²) in [6, 6.07) is 0. The van der Waals surface area contributed by atoms with Crippen LogP contribution < -0.4 is 5.73 Å². The van der Waals surface area contributed by atoms with Gasteiger partial charge in [0.25, 0.3) is 0 Å². The van der Waals surface area contributed by atoms with Gasteiger partial charge in [-0.15, -0.1) is 10.2 Å². The van der Waals surface area contributed by atoms with Crippen molar-refractivity contribution >= 4 is 0 Å². The molecule has 0 spiro atoms. The molecule has 1 aliphatic rings. The summed E-state index contributed by atoms with van der Waals surface area (Å²) in [5.41, 5.74) is 5.89. The standard InChI is InChI=1S/C8H14N4/c1-12-6-10-11-7(12)8(5-9)3-2-4-8/h6H,2-5,9H2,1H3. The Hall–Kier alpha value is -0.900. The van der Waals surface area contributed by atoms with Crippen LogP contribution in [0.5, 0.6) is 0 Å². The minimum Gasteiger partial charge on any atom is -0.329 e. The Balaban J connectivity index is 2.33. The van der Waals surface area contributed by atoms with Gasteiger partial charge in [0.2, 0.25) is 0 Å². The van der Waals surface area contributed by atoms with Gasteiger partial charge in [0, 0.05) is 19.0 Å². The number of nitrogens with zero attached hydrogens (tertiary/aromatic N) is 3. The summed E-state index contributed by atoms with van der Waals surface area (Å²) < 4.78 is 1.98. The maximum atomic E-state index is 5.75. The quantitative estimate of drug-likeness (QED) is 0.682. The highest BCUT2D eigenvalue weighted by atomic mass is 15.3. The molecule has 1 aromatic heterocycles. The number of nitrogens with two attached hydrogens (primary N) is 1. The first-order valence-corrected chi connectivity index (χ1v) is 4.33. The monoisotopic (exact) mass is 166 g/mol. The summed E-state index contributed by atoms with van der Waals surface area (Å²) >= 11 is 0. The smallest absolute Gasteiger partial charge is 0.140 e. The highest BCUT2D eigenvalue weighted by Crippen LogP contribution is 2.41. The summed E-state index contributed by atoms with van der Waals surface area (Å²) in [6.07, 6.45) is 5.33. The Morgan fingerprint density at radius 3 is 2.75 bits per heavy atom. The molecule has 1 fully saturated rings. The molecule has 4 nitrogen and oxygen atoms in total. The van der Waals surface area contributed by atoms with Gasteiger partial charge in [-0.1, -0.05) is 6.42 Å². The van der Waals surface area contributed by atoms with Crippen molar-refractivity contribution in [3.63, 3.8) is 0 Å². The Bertz CT molecular complexity index is 269. The largest absolute Gasteiger partial charge is 0.329 e. The van der Waals surface area contributed by atoms with E-state index in [0.29, 0.717) is 6.54 Å². The fraction of sp³-hybridized carbons (Fsp3) is 0.750. The third-order valence-electron chi connectivity index (χ3n) is 2.89. The molecule has 0 bridgehead atoms. The Morgan fingerprint density at radius 2 is 2.42 bits per heavy atom. The number of aromatic nitrogens is 3. The van der Waals surface area contributed by atoms with Crippen molar-refractivity contribution in [3.8, 4) is 0 Å².